The Hall–Kier alpha value is -3.20. The zero-order valence-electron chi connectivity index (χ0n) is 43.7. The van der Waals surface area contributed by atoms with E-state index in [1.807, 2.05) is 0 Å². The first-order valence-corrected chi connectivity index (χ1v) is 27.2. The van der Waals surface area contributed by atoms with Crippen LogP contribution in [0.3, 0.4) is 0 Å². The fourth-order valence-electron chi connectivity index (χ4n) is 12.6. The second kappa shape index (κ2) is 22.9. The van der Waals surface area contributed by atoms with Crippen LogP contribution in [0.1, 0.15) is 113 Å². The van der Waals surface area contributed by atoms with Crippen LogP contribution in [0.25, 0.3) is 27.4 Å². The number of ether oxygens (including phenoxy) is 2. The Labute approximate surface area is 410 Å². The van der Waals surface area contributed by atoms with Gasteiger partial charge in [-0.3, -0.25) is 39.4 Å². The Morgan fingerprint density at radius 3 is 1.54 bits per heavy atom. The van der Waals surface area contributed by atoms with Crippen LogP contribution in [-0.4, -0.2) is 191 Å². The van der Waals surface area contributed by atoms with Gasteiger partial charge in [0.15, 0.2) is 0 Å². The van der Waals surface area contributed by atoms with Gasteiger partial charge in [0.1, 0.15) is 0 Å². The second-order valence-electron chi connectivity index (χ2n) is 21.9. The zero-order valence-corrected chi connectivity index (χ0v) is 43.7. The lowest BCUT2D eigenvalue weighted by Gasteiger charge is -2.43. The van der Waals surface area contributed by atoms with Gasteiger partial charge in [0.2, 0.25) is 0 Å². The molecule has 10 rings (SSSR count). The van der Waals surface area contributed by atoms with Crippen LogP contribution in [0.5, 0.6) is 0 Å². The average Bonchev–Trinajstić information content (AvgIpc) is 3.86. The van der Waals surface area contributed by atoms with Gasteiger partial charge >= 0.3 is 0 Å². The van der Waals surface area contributed by atoms with Crippen molar-refractivity contribution < 1.29 is 9.47 Å². The van der Waals surface area contributed by atoms with Crippen molar-refractivity contribution in [2.45, 2.75) is 129 Å². The van der Waals surface area contributed by atoms with E-state index >= 15 is 0 Å². The van der Waals surface area contributed by atoms with Gasteiger partial charge in [-0.05, 0) is 116 Å². The van der Waals surface area contributed by atoms with Crippen molar-refractivity contribution in [1.82, 2.24) is 48.5 Å². The quantitative estimate of drug-likeness (QED) is 0.143. The van der Waals surface area contributed by atoms with Crippen molar-refractivity contribution in [3.63, 3.8) is 0 Å². The molecule has 4 aliphatic heterocycles. The zero-order chi connectivity index (χ0) is 47.3. The number of rotatable bonds is 12. The predicted octanol–water partition coefficient (Wildman–Crippen LogP) is 7.53. The maximum atomic E-state index is 5.52. The smallest absolute Gasteiger partial charge is 0.0755 e. The van der Waals surface area contributed by atoms with Gasteiger partial charge in [0.05, 0.1) is 48.8 Å². The Bertz CT molecular complexity index is 2280. The van der Waals surface area contributed by atoms with Crippen LogP contribution in [0.4, 0.5) is 0 Å². The number of pyridine rings is 2. The topological polar surface area (TPSA) is 73.5 Å². The first-order chi connectivity index (χ1) is 33.0. The monoisotopic (exact) mass is 933 g/mol. The number of piperazine rings is 2. The van der Waals surface area contributed by atoms with Gasteiger partial charge in [-0.25, -0.2) is 0 Å². The molecule has 68 heavy (non-hydrogen) atoms. The molecule has 0 amide bonds. The normalized spacial score (nSPS) is 24.9. The fourth-order valence-corrected chi connectivity index (χ4v) is 12.6. The van der Waals surface area contributed by atoms with Crippen molar-refractivity contribution in [1.29, 1.82) is 0 Å². The summed E-state index contributed by atoms with van der Waals surface area (Å²) in [4.78, 5) is 26.0. The van der Waals surface area contributed by atoms with E-state index in [0.29, 0.717) is 24.0 Å². The van der Waals surface area contributed by atoms with E-state index < -0.39 is 0 Å². The van der Waals surface area contributed by atoms with Crippen LogP contribution in [-0.2, 0) is 36.4 Å². The second-order valence-corrected chi connectivity index (χ2v) is 21.9. The van der Waals surface area contributed by atoms with Crippen LogP contribution in [0.2, 0.25) is 0 Å². The first kappa shape index (κ1) is 49.8. The summed E-state index contributed by atoms with van der Waals surface area (Å²) >= 11 is 0. The fraction of sp³-hybridized carbons (Fsp3) is 0.714. The van der Waals surface area contributed by atoms with Crippen LogP contribution in [0, 0.1) is 13.8 Å². The Morgan fingerprint density at radius 1 is 0.559 bits per heavy atom. The maximum Gasteiger partial charge on any atom is 0.0755 e. The molecular formula is C56H88N10O2. The van der Waals surface area contributed by atoms with Gasteiger partial charge in [0, 0.05) is 182 Å². The van der Waals surface area contributed by atoms with Crippen LogP contribution >= 0.6 is 0 Å². The third-order valence-electron chi connectivity index (χ3n) is 17.1. The average molecular weight is 933 g/mol. The van der Waals surface area contributed by atoms with E-state index in [0.717, 1.165) is 109 Å². The number of fused-ring (bicyclic) bond motifs is 2. The van der Waals surface area contributed by atoms with E-state index in [-0.39, 0.29) is 0 Å². The Balaban J connectivity index is 0.000000170. The molecule has 1 saturated carbocycles. The third-order valence-corrected chi connectivity index (χ3v) is 17.1. The van der Waals surface area contributed by atoms with Crippen molar-refractivity contribution in [3.8, 4) is 0 Å². The number of hydrogen-bond acceptors (Lipinski definition) is 10. The minimum Gasteiger partial charge on any atom is -0.379 e. The molecule has 0 bridgehead atoms. The highest BCUT2D eigenvalue weighted by Gasteiger charge is 2.32. The van der Waals surface area contributed by atoms with Gasteiger partial charge in [-0.1, -0.05) is 6.08 Å². The van der Waals surface area contributed by atoms with E-state index in [2.05, 4.69) is 125 Å². The number of nitrogens with zero attached hydrogens (tertiary/aromatic N) is 10. The summed E-state index contributed by atoms with van der Waals surface area (Å²) in [5.74, 6) is 0.602. The predicted molar refractivity (Wildman–Crippen MR) is 280 cm³/mol. The maximum absolute atomic E-state index is 5.52. The van der Waals surface area contributed by atoms with Gasteiger partial charge in [-0.15, -0.1) is 0 Å². The molecule has 0 radical (unpaired) electrons. The van der Waals surface area contributed by atoms with Gasteiger partial charge in [-0.2, -0.15) is 0 Å². The van der Waals surface area contributed by atoms with Crippen LogP contribution in [0.15, 0.2) is 30.3 Å². The van der Waals surface area contributed by atoms with Crippen molar-refractivity contribution >= 4 is 27.4 Å². The molecule has 0 aromatic carbocycles. The standard InChI is InChI=1S/C28H45N5O.C28H43N5O/c2*1-21(2)32-11-13-33(14-12-32)24-7-5-23(6-8-24)28-26-20-25(9-10-31-15-17-34-18-16-31)30(4)27(26)19-22(3)29-28/h19-21,23-24H,5-18H2,1-4H3;5,19-21,24H,6-18H2,1-4H3. The van der Waals surface area contributed by atoms with Gasteiger partial charge in [0.25, 0.3) is 0 Å². The summed E-state index contributed by atoms with van der Waals surface area (Å²) in [5.41, 5.74) is 11.9. The van der Waals surface area contributed by atoms with Gasteiger partial charge < -0.3 is 18.6 Å². The van der Waals surface area contributed by atoms with E-state index in [1.165, 1.54) is 135 Å². The largest absolute Gasteiger partial charge is 0.379 e. The van der Waals surface area contributed by atoms with Crippen molar-refractivity contribution in [2.24, 2.45) is 14.1 Å². The molecule has 12 nitrogen and oxygen atoms in total. The van der Waals surface area contributed by atoms with E-state index in [9.17, 15) is 0 Å². The van der Waals surface area contributed by atoms with E-state index in [4.69, 9.17) is 19.4 Å². The highest BCUT2D eigenvalue weighted by molar-refractivity contribution is 5.92. The molecule has 4 saturated heterocycles. The number of hydrogen-bond donors (Lipinski definition) is 0. The molecule has 5 fully saturated rings. The summed E-state index contributed by atoms with van der Waals surface area (Å²) in [6.45, 7) is 33.3. The summed E-state index contributed by atoms with van der Waals surface area (Å²) in [7, 11) is 4.47. The van der Waals surface area contributed by atoms with Crippen molar-refractivity contribution in [3.05, 3.63) is 64.5 Å². The summed E-state index contributed by atoms with van der Waals surface area (Å²) in [6, 6.07) is 12.2. The summed E-state index contributed by atoms with van der Waals surface area (Å²) in [6.07, 6.45) is 13.4. The molecule has 6 aliphatic rings. The first-order valence-electron chi connectivity index (χ1n) is 27.2. The third kappa shape index (κ3) is 11.8. The molecule has 0 N–H and O–H groups in total. The molecular weight excluding hydrogens is 845 g/mol. The van der Waals surface area contributed by atoms with Crippen molar-refractivity contribution in [2.75, 3.05) is 118 Å². The number of allylic oxidation sites excluding steroid dienone is 1. The Morgan fingerprint density at radius 2 is 1.04 bits per heavy atom. The number of aryl methyl sites for hydroxylation is 4. The van der Waals surface area contributed by atoms with Crippen LogP contribution < -0.4 is 0 Å². The highest BCUT2D eigenvalue weighted by Crippen LogP contribution is 2.39. The molecule has 4 aromatic rings. The van der Waals surface area contributed by atoms with E-state index in [1.54, 1.807) is 0 Å². The lowest BCUT2D eigenvalue weighted by molar-refractivity contribution is 0.0382. The molecule has 2 aliphatic carbocycles. The summed E-state index contributed by atoms with van der Waals surface area (Å²) in [5, 5.41) is 2.74. The summed E-state index contributed by atoms with van der Waals surface area (Å²) < 4.78 is 15.9. The Kier molecular flexibility index (Phi) is 16.8. The highest BCUT2D eigenvalue weighted by atomic mass is 16.5. The minimum atomic E-state index is 0.602. The molecule has 1 atom stereocenters. The SMILES string of the molecule is Cc1cc2c(cc(CCN3CCOCC3)n2C)c(C2=CCC(N3CCN(C(C)C)CC3)CC2)n1.Cc1cc2c(cc(CCN3CCOCC3)n2C)c(C2CCC(N3CCN(C(C)C)CC3)CC2)n1. The number of aromatic nitrogens is 4. The molecule has 4 aromatic heterocycles. The molecule has 1 unspecified atom stereocenters. The molecule has 374 valence electrons. The molecule has 8 heterocycles. The lowest BCUT2D eigenvalue weighted by atomic mass is 9.82. The number of morpholine rings is 2. The lowest BCUT2D eigenvalue weighted by Crippen LogP contribution is -2.52. The molecule has 0 spiro atoms. The minimum absolute atomic E-state index is 0.602. The molecule has 12 heteroatoms.